The SMILES string of the molecule is CCOC(OCC)(c1ccc(Cl)cc1)c1cc(C)ccc1NC(=O)NCc1ccc(OC)cc1. The third-order valence-corrected chi connectivity index (χ3v) is 5.56. The second-order valence-corrected chi connectivity index (χ2v) is 8.13. The van der Waals surface area contributed by atoms with Crippen molar-refractivity contribution < 1.29 is 19.0 Å². The maximum atomic E-state index is 12.8. The summed E-state index contributed by atoms with van der Waals surface area (Å²) in [6.45, 7) is 6.99. The average Bonchev–Trinajstić information content (AvgIpc) is 2.84. The maximum absolute atomic E-state index is 12.8. The van der Waals surface area contributed by atoms with Crippen molar-refractivity contribution in [2.24, 2.45) is 0 Å². The number of carbonyl (C=O) groups is 1. The number of amides is 2. The number of hydrogen-bond acceptors (Lipinski definition) is 4. The normalized spacial score (nSPS) is 11.2. The van der Waals surface area contributed by atoms with Crippen LogP contribution in [0, 0.1) is 6.92 Å². The minimum absolute atomic E-state index is 0.334. The second kappa shape index (κ2) is 11.9. The first-order valence-corrected chi connectivity index (χ1v) is 11.6. The molecule has 0 fully saturated rings. The van der Waals surface area contributed by atoms with Gasteiger partial charge in [0.15, 0.2) is 0 Å². The summed E-state index contributed by atoms with van der Waals surface area (Å²) in [6, 6.07) is 20.3. The molecule has 0 heterocycles. The summed E-state index contributed by atoms with van der Waals surface area (Å²) in [7, 11) is 1.62. The largest absolute Gasteiger partial charge is 0.497 e. The van der Waals surface area contributed by atoms with Crippen molar-refractivity contribution in [1.29, 1.82) is 0 Å². The first-order chi connectivity index (χ1) is 16.4. The van der Waals surface area contributed by atoms with Gasteiger partial charge in [0.2, 0.25) is 5.79 Å². The van der Waals surface area contributed by atoms with Gasteiger partial charge in [0, 0.05) is 35.9 Å². The topological polar surface area (TPSA) is 68.8 Å². The fourth-order valence-corrected chi connectivity index (χ4v) is 3.85. The molecule has 0 saturated carbocycles. The molecule has 3 aromatic rings. The summed E-state index contributed by atoms with van der Waals surface area (Å²) in [4.78, 5) is 12.8. The summed E-state index contributed by atoms with van der Waals surface area (Å²) in [5.74, 6) is -0.443. The van der Waals surface area contributed by atoms with Crippen LogP contribution in [0.4, 0.5) is 10.5 Å². The first-order valence-electron chi connectivity index (χ1n) is 11.2. The Kier molecular flexibility index (Phi) is 8.93. The monoisotopic (exact) mass is 482 g/mol. The Morgan fingerprint density at radius 1 is 0.941 bits per heavy atom. The highest BCUT2D eigenvalue weighted by Gasteiger charge is 2.38. The minimum Gasteiger partial charge on any atom is -0.497 e. The van der Waals surface area contributed by atoms with Gasteiger partial charge < -0.3 is 24.8 Å². The lowest BCUT2D eigenvalue weighted by Gasteiger charge is -2.35. The molecule has 0 unspecified atom stereocenters. The molecular formula is C27H31ClN2O4. The fourth-order valence-electron chi connectivity index (χ4n) is 3.73. The molecule has 0 atom stereocenters. The molecule has 3 aromatic carbocycles. The van der Waals surface area contributed by atoms with E-state index in [0.717, 1.165) is 22.4 Å². The van der Waals surface area contributed by atoms with Gasteiger partial charge >= 0.3 is 6.03 Å². The molecule has 0 saturated heterocycles. The van der Waals surface area contributed by atoms with Gasteiger partial charge in [-0.2, -0.15) is 0 Å². The lowest BCUT2D eigenvalue weighted by molar-refractivity contribution is -0.212. The van der Waals surface area contributed by atoms with Crippen LogP contribution in [0.2, 0.25) is 5.02 Å². The summed E-state index contributed by atoms with van der Waals surface area (Å²) >= 11 is 6.14. The summed E-state index contributed by atoms with van der Waals surface area (Å²) in [6.07, 6.45) is 0. The van der Waals surface area contributed by atoms with E-state index in [1.165, 1.54) is 0 Å². The van der Waals surface area contributed by atoms with Crippen molar-refractivity contribution in [3.63, 3.8) is 0 Å². The number of nitrogens with one attached hydrogen (secondary N) is 2. The smallest absolute Gasteiger partial charge is 0.319 e. The van der Waals surface area contributed by atoms with Crippen molar-refractivity contribution >= 4 is 23.3 Å². The van der Waals surface area contributed by atoms with Gasteiger partial charge in [0.25, 0.3) is 0 Å². The fraction of sp³-hybridized carbons (Fsp3) is 0.296. The number of aryl methyl sites for hydroxylation is 1. The standard InChI is InChI=1S/C27H31ClN2O4/c1-5-33-27(34-6-2,21-10-12-22(28)13-11-21)24-17-19(3)7-16-25(24)30-26(31)29-18-20-8-14-23(32-4)15-9-20/h7-17H,5-6,18H2,1-4H3,(H2,29,30,31). The van der Waals surface area contributed by atoms with E-state index in [1.807, 2.05) is 75.4 Å². The van der Waals surface area contributed by atoms with E-state index in [1.54, 1.807) is 19.2 Å². The lowest BCUT2D eigenvalue weighted by atomic mass is 9.93. The first kappa shape index (κ1) is 25.6. The molecule has 0 aliphatic carbocycles. The van der Waals surface area contributed by atoms with Crippen LogP contribution in [-0.4, -0.2) is 26.4 Å². The Morgan fingerprint density at radius 3 is 2.18 bits per heavy atom. The highest BCUT2D eigenvalue weighted by atomic mass is 35.5. The van der Waals surface area contributed by atoms with Crippen molar-refractivity contribution in [2.75, 3.05) is 25.6 Å². The van der Waals surface area contributed by atoms with E-state index in [-0.39, 0.29) is 6.03 Å². The molecule has 0 bridgehead atoms. The van der Waals surface area contributed by atoms with Crippen LogP contribution in [0.1, 0.15) is 36.1 Å². The molecule has 34 heavy (non-hydrogen) atoms. The summed E-state index contributed by atoms with van der Waals surface area (Å²) in [5, 5.41) is 6.49. The average molecular weight is 483 g/mol. The highest BCUT2D eigenvalue weighted by Crippen LogP contribution is 2.40. The van der Waals surface area contributed by atoms with E-state index in [4.69, 9.17) is 25.8 Å². The van der Waals surface area contributed by atoms with Crippen LogP contribution in [0.25, 0.3) is 0 Å². The molecule has 0 aromatic heterocycles. The Labute approximate surface area is 206 Å². The van der Waals surface area contributed by atoms with E-state index in [2.05, 4.69) is 10.6 Å². The van der Waals surface area contributed by atoms with Crippen LogP contribution in [0.5, 0.6) is 5.75 Å². The molecule has 6 nitrogen and oxygen atoms in total. The molecular weight excluding hydrogens is 452 g/mol. The molecule has 0 aliphatic heterocycles. The Morgan fingerprint density at radius 2 is 1.59 bits per heavy atom. The zero-order valence-corrected chi connectivity index (χ0v) is 20.7. The van der Waals surface area contributed by atoms with Gasteiger partial charge in [-0.3, -0.25) is 0 Å². The summed E-state index contributed by atoms with van der Waals surface area (Å²) in [5.41, 5.74) is 4.05. The van der Waals surface area contributed by atoms with Crippen LogP contribution in [0.15, 0.2) is 66.7 Å². The van der Waals surface area contributed by atoms with Crippen molar-refractivity contribution in [2.45, 2.75) is 33.1 Å². The van der Waals surface area contributed by atoms with Crippen molar-refractivity contribution in [3.8, 4) is 5.75 Å². The van der Waals surface area contributed by atoms with Crippen LogP contribution < -0.4 is 15.4 Å². The van der Waals surface area contributed by atoms with Crippen LogP contribution >= 0.6 is 11.6 Å². The quantitative estimate of drug-likeness (QED) is 0.335. The number of urea groups is 1. The Hall–Kier alpha value is -3.06. The van der Waals surface area contributed by atoms with Crippen molar-refractivity contribution in [1.82, 2.24) is 5.32 Å². The van der Waals surface area contributed by atoms with E-state index in [0.29, 0.717) is 36.0 Å². The predicted octanol–water partition coefficient (Wildman–Crippen LogP) is 6.25. The molecule has 0 radical (unpaired) electrons. The predicted molar refractivity (Wildman–Crippen MR) is 136 cm³/mol. The molecule has 0 aliphatic rings. The zero-order chi connectivity index (χ0) is 24.6. The number of ether oxygens (including phenoxy) is 3. The number of carbonyl (C=O) groups excluding carboxylic acids is 1. The van der Waals surface area contributed by atoms with Gasteiger partial charge in [0.1, 0.15) is 5.75 Å². The highest BCUT2D eigenvalue weighted by molar-refractivity contribution is 6.30. The van der Waals surface area contributed by atoms with E-state index >= 15 is 0 Å². The number of rotatable bonds is 10. The Balaban J connectivity index is 1.91. The van der Waals surface area contributed by atoms with Gasteiger partial charge in [-0.15, -0.1) is 0 Å². The number of anilines is 1. The van der Waals surface area contributed by atoms with Gasteiger partial charge in [-0.25, -0.2) is 4.79 Å². The number of benzene rings is 3. The maximum Gasteiger partial charge on any atom is 0.319 e. The zero-order valence-electron chi connectivity index (χ0n) is 20.0. The van der Waals surface area contributed by atoms with Gasteiger partial charge in [0.05, 0.1) is 12.8 Å². The second-order valence-electron chi connectivity index (χ2n) is 7.69. The third-order valence-electron chi connectivity index (χ3n) is 5.31. The lowest BCUT2D eigenvalue weighted by Crippen LogP contribution is -2.37. The van der Waals surface area contributed by atoms with Crippen LogP contribution in [-0.2, 0) is 21.8 Å². The van der Waals surface area contributed by atoms with E-state index < -0.39 is 5.79 Å². The molecule has 2 amide bonds. The van der Waals surface area contributed by atoms with Crippen molar-refractivity contribution in [3.05, 3.63) is 94.0 Å². The van der Waals surface area contributed by atoms with Gasteiger partial charge in [-0.05, 0) is 62.7 Å². The van der Waals surface area contributed by atoms with Gasteiger partial charge in [-0.1, -0.05) is 47.5 Å². The molecule has 2 N–H and O–H groups in total. The van der Waals surface area contributed by atoms with E-state index in [9.17, 15) is 4.79 Å². The number of hydrogen-bond donors (Lipinski definition) is 2. The Bertz CT molecular complexity index is 1080. The minimum atomic E-state index is -1.21. The molecule has 180 valence electrons. The van der Waals surface area contributed by atoms with Crippen LogP contribution in [0.3, 0.4) is 0 Å². The molecule has 0 spiro atoms. The summed E-state index contributed by atoms with van der Waals surface area (Å²) < 4.78 is 17.7. The molecule has 3 rings (SSSR count). The number of methoxy groups -OCH3 is 1. The molecule has 7 heteroatoms. The third kappa shape index (κ3) is 6.08. The number of halogens is 1.